The Bertz CT molecular complexity index is 427. The highest BCUT2D eigenvalue weighted by Gasteiger charge is 2.50. The summed E-state index contributed by atoms with van der Waals surface area (Å²) in [6.45, 7) is 9.47. The van der Waals surface area contributed by atoms with Gasteiger partial charge in [0.1, 0.15) is 0 Å². The SMILES string of the molecule is CC1=C[C@]2(CC1)[C@H](C)CC[C@@H](C(C)C)[C@H]2NC(=S)N(C)C. The van der Waals surface area contributed by atoms with Crippen molar-refractivity contribution in [2.24, 2.45) is 23.2 Å². The predicted octanol–water partition coefficient (Wildman–Crippen LogP) is 4.22. The quantitative estimate of drug-likeness (QED) is 0.607. The van der Waals surface area contributed by atoms with E-state index in [2.05, 4.69) is 39.1 Å². The van der Waals surface area contributed by atoms with Gasteiger partial charge in [-0.25, -0.2) is 0 Å². The highest BCUT2D eigenvalue weighted by atomic mass is 32.1. The number of hydrogen-bond acceptors (Lipinski definition) is 1. The topological polar surface area (TPSA) is 15.3 Å². The molecule has 2 rings (SSSR count). The van der Waals surface area contributed by atoms with Gasteiger partial charge in [0.15, 0.2) is 5.11 Å². The molecule has 0 amide bonds. The van der Waals surface area contributed by atoms with Gasteiger partial charge in [-0.2, -0.15) is 0 Å². The van der Waals surface area contributed by atoms with Crippen LogP contribution in [0.15, 0.2) is 11.6 Å². The Kier molecular flexibility index (Phi) is 5.02. The Labute approximate surface area is 136 Å². The molecular formula is C18H32N2S. The second-order valence-electron chi connectivity index (χ2n) is 7.81. The maximum Gasteiger partial charge on any atom is 0.168 e. The number of allylic oxidation sites excluding steroid dienone is 1. The van der Waals surface area contributed by atoms with Crippen molar-refractivity contribution < 1.29 is 0 Å². The summed E-state index contributed by atoms with van der Waals surface area (Å²) in [4.78, 5) is 2.03. The lowest BCUT2D eigenvalue weighted by atomic mass is 9.58. The first-order valence-electron chi connectivity index (χ1n) is 8.44. The molecule has 0 aromatic rings. The molecule has 4 atom stereocenters. The fraction of sp³-hybridized carbons (Fsp3) is 0.833. The van der Waals surface area contributed by atoms with Crippen LogP contribution < -0.4 is 5.32 Å². The van der Waals surface area contributed by atoms with Crippen LogP contribution in [-0.4, -0.2) is 30.1 Å². The molecule has 0 aromatic heterocycles. The maximum absolute atomic E-state index is 5.58. The molecular weight excluding hydrogens is 276 g/mol. The van der Waals surface area contributed by atoms with Gasteiger partial charge in [-0.1, -0.05) is 32.4 Å². The summed E-state index contributed by atoms with van der Waals surface area (Å²) in [6, 6.07) is 0.480. The third-order valence-corrected chi connectivity index (χ3v) is 6.35. The summed E-state index contributed by atoms with van der Waals surface area (Å²) in [5, 5.41) is 4.63. The summed E-state index contributed by atoms with van der Waals surface area (Å²) in [5.41, 5.74) is 1.87. The van der Waals surface area contributed by atoms with Gasteiger partial charge < -0.3 is 10.2 Å². The molecule has 1 fully saturated rings. The van der Waals surface area contributed by atoms with E-state index in [1.165, 1.54) is 25.7 Å². The summed E-state index contributed by atoms with van der Waals surface area (Å²) in [7, 11) is 4.07. The lowest BCUT2D eigenvalue weighted by Gasteiger charge is -2.51. The minimum atomic E-state index is 0.303. The van der Waals surface area contributed by atoms with Gasteiger partial charge in [-0.3, -0.25) is 0 Å². The van der Waals surface area contributed by atoms with Crippen molar-refractivity contribution in [2.45, 2.75) is 59.4 Å². The Hall–Kier alpha value is -0.570. The molecule has 1 N–H and O–H groups in total. The third-order valence-electron chi connectivity index (χ3n) is 5.87. The standard InChI is InChI=1S/C18H32N2S/c1-12(2)15-8-7-14(4)18(10-9-13(3)11-18)16(15)19-17(21)20(5)6/h11-12,14-16H,7-10H2,1-6H3,(H,19,21)/t14-,15+,16-,18-/m1/s1. The van der Waals surface area contributed by atoms with Gasteiger partial charge in [0.25, 0.3) is 0 Å². The lowest BCUT2D eigenvalue weighted by molar-refractivity contribution is 0.0503. The van der Waals surface area contributed by atoms with E-state index in [1.807, 2.05) is 19.0 Å². The molecule has 0 saturated heterocycles. The van der Waals surface area contributed by atoms with Gasteiger partial charge in [-0.05, 0) is 62.6 Å². The second-order valence-corrected chi connectivity index (χ2v) is 8.20. The van der Waals surface area contributed by atoms with E-state index < -0.39 is 0 Å². The van der Waals surface area contributed by atoms with Crippen molar-refractivity contribution in [3.05, 3.63) is 11.6 Å². The smallest absolute Gasteiger partial charge is 0.168 e. The summed E-state index contributed by atoms with van der Waals surface area (Å²) in [5.74, 6) is 2.15. The second kappa shape index (κ2) is 6.28. The van der Waals surface area contributed by atoms with Crippen molar-refractivity contribution in [3.8, 4) is 0 Å². The van der Waals surface area contributed by atoms with Crippen LogP contribution in [0.3, 0.4) is 0 Å². The van der Waals surface area contributed by atoms with E-state index >= 15 is 0 Å². The Balaban J connectivity index is 2.35. The first-order chi connectivity index (χ1) is 9.78. The normalized spacial score (nSPS) is 36.0. The molecule has 21 heavy (non-hydrogen) atoms. The molecule has 0 unspecified atom stereocenters. The fourth-order valence-electron chi connectivity index (χ4n) is 4.46. The molecule has 3 heteroatoms. The zero-order valence-corrected chi connectivity index (χ0v) is 15.4. The van der Waals surface area contributed by atoms with Gasteiger partial charge in [0, 0.05) is 25.6 Å². The molecule has 0 bridgehead atoms. The number of thiocarbonyl (C=S) groups is 1. The molecule has 2 aliphatic rings. The summed E-state index contributed by atoms with van der Waals surface area (Å²) in [6.07, 6.45) is 7.79. The molecule has 1 spiro atoms. The van der Waals surface area contributed by atoms with Crippen molar-refractivity contribution in [2.75, 3.05) is 14.1 Å². The predicted molar refractivity (Wildman–Crippen MR) is 95.4 cm³/mol. The number of nitrogens with one attached hydrogen (secondary N) is 1. The zero-order valence-electron chi connectivity index (χ0n) is 14.6. The van der Waals surface area contributed by atoms with E-state index in [-0.39, 0.29) is 0 Å². The van der Waals surface area contributed by atoms with Crippen molar-refractivity contribution >= 4 is 17.3 Å². The largest absolute Gasteiger partial charge is 0.359 e. The Morgan fingerprint density at radius 3 is 2.52 bits per heavy atom. The van der Waals surface area contributed by atoms with Crippen LogP contribution in [-0.2, 0) is 0 Å². The number of nitrogens with zero attached hydrogens (tertiary/aromatic N) is 1. The van der Waals surface area contributed by atoms with E-state index in [1.54, 1.807) is 5.57 Å². The molecule has 0 heterocycles. The van der Waals surface area contributed by atoms with Crippen LogP contribution >= 0.6 is 12.2 Å². The van der Waals surface area contributed by atoms with Gasteiger partial charge in [-0.15, -0.1) is 0 Å². The Morgan fingerprint density at radius 1 is 1.38 bits per heavy atom. The molecule has 2 aliphatic carbocycles. The summed E-state index contributed by atoms with van der Waals surface area (Å²) >= 11 is 5.58. The third kappa shape index (κ3) is 3.13. The van der Waals surface area contributed by atoms with Gasteiger partial charge in [0.2, 0.25) is 0 Å². The van der Waals surface area contributed by atoms with Crippen LogP contribution in [0.5, 0.6) is 0 Å². The highest BCUT2D eigenvalue weighted by molar-refractivity contribution is 7.80. The zero-order chi connectivity index (χ0) is 15.8. The van der Waals surface area contributed by atoms with Crippen LogP contribution in [0.25, 0.3) is 0 Å². The van der Waals surface area contributed by atoms with E-state index in [9.17, 15) is 0 Å². The van der Waals surface area contributed by atoms with E-state index in [0.717, 1.165) is 11.0 Å². The molecule has 2 nitrogen and oxygen atoms in total. The highest BCUT2D eigenvalue weighted by Crippen LogP contribution is 2.53. The van der Waals surface area contributed by atoms with E-state index in [0.29, 0.717) is 23.3 Å². The fourth-order valence-corrected chi connectivity index (χ4v) is 4.58. The first-order valence-corrected chi connectivity index (χ1v) is 8.85. The number of hydrogen-bond donors (Lipinski definition) is 1. The minimum Gasteiger partial charge on any atom is -0.359 e. The van der Waals surface area contributed by atoms with Gasteiger partial charge >= 0.3 is 0 Å². The number of rotatable bonds is 2. The minimum absolute atomic E-state index is 0.303. The van der Waals surface area contributed by atoms with Crippen LogP contribution in [0.4, 0.5) is 0 Å². The van der Waals surface area contributed by atoms with Crippen LogP contribution in [0.2, 0.25) is 0 Å². The van der Waals surface area contributed by atoms with Crippen molar-refractivity contribution in [1.82, 2.24) is 10.2 Å². The van der Waals surface area contributed by atoms with Gasteiger partial charge in [0.05, 0.1) is 0 Å². The van der Waals surface area contributed by atoms with Crippen LogP contribution in [0, 0.1) is 23.2 Å². The van der Waals surface area contributed by atoms with Crippen molar-refractivity contribution in [3.63, 3.8) is 0 Å². The first kappa shape index (κ1) is 16.8. The molecule has 1 saturated carbocycles. The molecule has 0 aromatic carbocycles. The molecule has 0 radical (unpaired) electrons. The molecule has 120 valence electrons. The van der Waals surface area contributed by atoms with E-state index in [4.69, 9.17) is 12.2 Å². The van der Waals surface area contributed by atoms with Crippen LogP contribution in [0.1, 0.15) is 53.4 Å². The molecule has 0 aliphatic heterocycles. The van der Waals surface area contributed by atoms with Crippen molar-refractivity contribution in [1.29, 1.82) is 0 Å². The Morgan fingerprint density at radius 2 is 2.05 bits per heavy atom. The average molecular weight is 309 g/mol. The average Bonchev–Trinajstić information content (AvgIpc) is 2.78. The lowest BCUT2D eigenvalue weighted by Crippen LogP contribution is -2.58. The maximum atomic E-state index is 5.58. The summed E-state index contributed by atoms with van der Waals surface area (Å²) < 4.78 is 0. The monoisotopic (exact) mass is 308 g/mol.